The summed E-state index contributed by atoms with van der Waals surface area (Å²) in [5.74, 6) is -0.573. The largest absolute Gasteiger partial charge is 0.532 e. The van der Waals surface area contributed by atoms with Crippen LogP contribution in [-0.2, 0) is 14.3 Å². The fourth-order valence-electron chi connectivity index (χ4n) is 2.10. The Hall–Kier alpha value is -1.79. The maximum absolute atomic E-state index is 12.3. The van der Waals surface area contributed by atoms with Crippen LogP contribution < -0.4 is 0 Å². The zero-order valence-corrected chi connectivity index (χ0v) is 11.6. The van der Waals surface area contributed by atoms with Crippen molar-refractivity contribution in [2.75, 3.05) is 13.7 Å². The van der Waals surface area contributed by atoms with Crippen LogP contribution >= 0.6 is 0 Å². The van der Waals surface area contributed by atoms with Gasteiger partial charge in [0.15, 0.2) is 0 Å². The lowest BCUT2D eigenvalue weighted by atomic mass is 10.2. The fourth-order valence-corrected chi connectivity index (χ4v) is 2.10. The molecular weight excluding hydrogens is 252 g/mol. The van der Waals surface area contributed by atoms with Crippen LogP contribution in [0.4, 0.5) is 4.79 Å². The maximum atomic E-state index is 12.3. The molecule has 0 aromatic rings. The molecule has 0 radical (unpaired) electrons. The van der Waals surface area contributed by atoms with Gasteiger partial charge in [-0.1, -0.05) is 0 Å². The number of quaternary nitrogens is 1. The number of hydrogen-bond acceptors (Lipinski definition) is 5. The smallest absolute Gasteiger partial charge is 0.465 e. The van der Waals surface area contributed by atoms with Gasteiger partial charge in [-0.2, -0.15) is 4.79 Å². The van der Waals surface area contributed by atoms with Crippen molar-refractivity contribution in [3.8, 4) is 0 Å². The third-order valence-corrected chi connectivity index (χ3v) is 2.87. The lowest BCUT2D eigenvalue weighted by molar-refractivity contribution is -0.870. The summed E-state index contributed by atoms with van der Waals surface area (Å²) in [4.78, 5) is 26.7. The van der Waals surface area contributed by atoms with Crippen LogP contribution in [0.15, 0.2) is 5.22 Å². The zero-order chi connectivity index (χ0) is 14.7. The number of methoxy groups -OCH3 is 1. The molecule has 1 rings (SSSR count). The van der Waals surface area contributed by atoms with Gasteiger partial charge in [0.05, 0.1) is 12.0 Å². The van der Waals surface area contributed by atoms with E-state index in [1.54, 1.807) is 20.8 Å². The molecule has 8 heteroatoms. The first-order valence-corrected chi connectivity index (χ1v) is 6.02. The first kappa shape index (κ1) is 15.3. The van der Waals surface area contributed by atoms with E-state index < -0.39 is 28.3 Å². The van der Waals surface area contributed by atoms with Crippen molar-refractivity contribution in [1.29, 1.82) is 0 Å². The Kier molecular flexibility index (Phi) is 4.39. The summed E-state index contributed by atoms with van der Waals surface area (Å²) in [6.45, 7) is 5.36. The van der Waals surface area contributed by atoms with Crippen LogP contribution in [0.25, 0.3) is 10.4 Å². The number of likely N-dealkylation sites (tertiary alicyclic amines) is 1. The number of nitrogens with zero attached hydrogens (tertiary/aromatic N) is 4. The molecular formula is C11H19N4O4+. The zero-order valence-electron chi connectivity index (χ0n) is 11.6. The second-order valence-electron chi connectivity index (χ2n) is 5.39. The van der Waals surface area contributed by atoms with E-state index in [-0.39, 0.29) is 6.54 Å². The van der Waals surface area contributed by atoms with Gasteiger partial charge in [-0.05, 0) is 20.8 Å². The summed E-state index contributed by atoms with van der Waals surface area (Å²) in [5, 5.41) is 3.53. The van der Waals surface area contributed by atoms with Crippen molar-refractivity contribution < 1.29 is 23.7 Å². The molecule has 0 aromatic heterocycles. The van der Waals surface area contributed by atoms with E-state index in [0.717, 1.165) is 0 Å². The molecule has 0 aromatic carbocycles. The van der Waals surface area contributed by atoms with Crippen LogP contribution in [0.5, 0.6) is 0 Å². The standard InChI is InChI=1S/C11H19N4O4/c1-11(2,3)19-10(17)15(14-13-12)7-5-6-8(15)9(16)18-4/h8H,5-7H2,1-4H3/q+1/t8-,15?/m0/s1. The highest BCUT2D eigenvalue weighted by atomic mass is 16.6. The molecule has 1 aliphatic rings. The first-order chi connectivity index (χ1) is 8.77. The average molecular weight is 271 g/mol. The monoisotopic (exact) mass is 271 g/mol. The van der Waals surface area contributed by atoms with Gasteiger partial charge in [0, 0.05) is 18.4 Å². The number of carbonyl (C=O) groups excluding carboxylic acids is 2. The van der Waals surface area contributed by atoms with Crippen LogP contribution in [-0.4, -0.2) is 42.0 Å². The van der Waals surface area contributed by atoms with Gasteiger partial charge >= 0.3 is 12.1 Å². The minimum absolute atomic E-state index is 0.235. The highest BCUT2D eigenvalue weighted by Gasteiger charge is 2.56. The Labute approximate surface area is 111 Å². The number of amides is 1. The third kappa shape index (κ3) is 3.15. The molecule has 1 unspecified atom stereocenters. The molecule has 1 fully saturated rings. The van der Waals surface area contributed by atoms with E-state index in [1.807, 2.05) is 0 Å². The minimum Gasteiger partial charge on any atom is -0.465 e. The van der Waals surface area contributed by atoms with Gasteiger partial charge in [0.2, 0.25) is 6.04 Å². The number of rotatable bonds is 2. The van der Waals surface area contributed by atoms with Gasteiger partial charge in [-0.15, -0.1) is 4.59 Å². The van der Waals surface area contributed by atoms with E-state index in [0.29, 0.717) is 12.8 Å². The average Bonchev–Trinajstić information content (AvgIpc) is 2.71. The molecule has 0 bridgehead atoms. The normalized spacial score (nSPS) is 26.4. The van der Waals surface area contributed by atoms with Crippen LogP contribution in [0.3, 0.4) is 0 Å². The summed E-state index contributed by atoms with van der Waals surface area (Å²) in [6.07, 6.45) is 0.279. The summed E-state index contributed by atoms with van der Waals surface area (Å²) >= 11 is 0. The molecule has 8 nitrogen and oxygen atoms in total. The minimum atomic E-state index is -0.837. The molecule has 19 heavy (non-hydrogen) atoms. The van der Waals surface area contributed by atoms with Gasteiger partial charge in [0.25, 0.3) is 0 Å². The Bertz CT molecular complexity index is 425. The Morgan fingerprint density at radius 3 is 2.53 bits per heavy atom. The van der Waals surface area contributed by atoms with Gasteiger partial charge in [-0.25, -0.2) is 4.79 Å². The number of ether oxygens (including phenoxy) is 2. The predicted molar refractivity (Wildman–Crippen MR) is 65.5 cm³/mol. The van der Waals surface area contributed by atoms with Gasteiger partial charge in [-0.3, -0.25) is 0 Å². The lowest BCUT2D eigenvalue weighted by Crippen LogP contribution is -2.56. The molecule has 1 aliphatic heterocycles. The predicted octanol–water partition coefficient (Wildman–Crippen LogP) is 2.30. The van der Waals surface area contributed by atoms with E-state index in [1.165, 1.54) is 7.11 Å². The summed E-state index contributed by atoms with van der Waals surface area (Å²) in [7, 11) is 1.24. The molecule has 0 spiro atoms. The summed E-state index contributed by atoms with van der Waals surface area (Å²) in [6, 6.07) is -0.837. The quantitative estimate of drug-likeness (QED) is 0.253. The van der Waals surface area contributed by atoms with Crippen LogP contribution in [0.2, 0.25) is 0 Å². The van der Waals surface area contributed by atoms with Crippen molar-refractivity contribution in [2.45, 2.75) is 45.3 Å². The van der Waals surface area contributed by atoms with Crippen molar-refractivity contribution in [2.24, 2.45) is 5.22 Å². The summed E-state index contributed by atoms with van der Waals surface area (Å²) in [5.41, 5.74) is 7.97. The van der Waals surface area contributed by atoms with Gasteiger partial charge < -0.3 is 9.47 Å². The van der Waals surface area contributed by atoms with Gasteiger partial charge in [0.1, 0.15) is 17.4 Å². The van der Waals surface area contributed by atoms with Crippen molar-refractivity contribution >= 4 is 12.1 Å². The van der Waals surface area contributed by atoms with E-state index in [4.69, 9.17) is 10.3 Å². The highest BCUT2D eigenvalue weighted by Crippen LogP contribution is 2.31. The second-order valence-corrected chi connectivity index (χ2v) is 5.39. The highest BCUT2D eigenvalue weighted by molar-refractivity contribution is 5.77. The van der Waals surface area contributed by atoms with Crippen LogP contribution in [0.1, 0.15) is 33.6 Å². The second kappa shape index (κ2) is 5.46. The van der Waals surface area contributed by atoms with E-state index >= 15 is 0 Å². The molecule has 1 amide bonds. The molecule has 0 N–H and O–H groups in total. The topological polar surface area (TPSA) is 101 Å². The molecule has 1 heterocycles. The fraction of sp³-hybridized carbons (Fsp3) is 0.818. The maximum Gasteiger partial charge on any atom is 0.532 e. The molecule has 0 aliphatic carbocycles. The van der Waals surface area contributed by atoms with Crippen molar-refractivity contribution in [3.63, 3.8) is 0 Å². The Morgan fingerprint density at radius 2 is 2.05 bits per heavy atom. The molecule has 1 saturated heterocycles. The Balaban J connectivity index is 3.13. The SMILES string of the molecule is COC(=O)[C@@H]1CCC[N+]1(N=[N+]=[N-])C(=O)OC(C)(C)C. The number of azide groups is 1. The molecule has 106 valence electrons. The summed E-state index contributed by atoms with van der Waals surface area (Å²) < 4.78 is 9.23. The molecule has 2 atom stereocenters. The molecule has 0 saturated carbocycles. The van der Waals surface area contributed by atoms with Crippen LogP contribution in [0, 0.1) is 0 Å². The van der Waals surface area contributed by atoms with E-state index in [9.17, 15) is 9.59 Å². The third-order valence-electron chi connectivity index (χ3n) is 2.87. The Morgan fingerprint density at radius 1 is 1.42 bits per heavy atom. The van der Waals surface area contributed by atoms with E-state index in [2.05, 4.69) is 14.9 Å². The number of hydrogen-bond donors (Lipinski definition) is 0. The lowest BCUT2D eigenvalue weighted by Gasteiger charge is -2.30. The van der Waals surface area contributed by atoms with Crippen molar-refractivity contribution in [3.05, 3.63) is 10.4 Å². The first-order valence-electron chi connectivity index (χ1n) is 6.02. The number of carbonyl (C=O) groups is 2. The van der Waals surface area contributed by atoms with Crippen molar-refractivity contribution in [1.82, 2.24) is 0 Å². The number of esters is 1.